The van der Waals surface area contributed by atoms with E-state index < -0.39 is 0 Å². The van der Waals surface area contributed by atoms with Crippen LogP contribution >= 0.6 is 11.6 Å². The molecule has 0 radical (unpaired) electrons. The van der Waals surface area contributed by atoms with Crippen LogP contribution in [0.4, 0.5) is 5.82 Å². The monoisotopic (exact) mass is 300 g/mol. The number of benzene rings is 1. The van der Waals surface area contributed by atoms with Crippen molar-refractivity contribution in [1.29, 1.82) is 0 Å². The van der Waals surface area contributed by atoms with Gasteiger partial charge in [-0.05, 0) is 37.3 Å². The molecule has 0 saturated heterocycles. The molecule has 2 N–H and O–H groups in total. The summed E-state index contributed by atoms with van der Waals surface area (Å²) in [5, 5.41) is 11.7. The fourth-order valence-electron chi connectivity index (χ4n) is 1.69. The van der Waals surface area contributed by atoms with Gasteiger partial charge >= 0.3 is 0 Å². The third-order valence-corrected chi connectivity index (χ3v) is 2.98. The van der Waals surface area contributed by atoms with Crippen LogP contribution in [0.2, 0.25) is 5.02 Å². The summed E-state index contributed by atoms with van der Waals surface area (Å²) >= 11 is 6.06. The predicted molar refractivity (Wildman–Crippen MR) is 82.3 cm³/mol. The van der Waals surface area contributed by atoms with Gasteiger partial charge in [0.05, 0.1) is 5.02 Å². The molecule has 0 atom stereocenters. The molecule has 4 nitrogen and oxygen atoms in total. The first-order valence-corrected chi connectivity index (χ1v) is 6.62. The highest BCUT2D eigenvalue weighted by Gasteiger charge is 2.09. The third-order valence-electron chi connectivity index (χ3n) is 2.66. The molecule has 0 aliphatic heterocycles. The van der Waals surface area contributed by atoms with Crippen LogP contribution in [0, 0.1) is 18.8 Å². The lowest BCUT2D eigenvalue weighted by Crippen LogP contribution is -2.13. The molecule has 1 aromatic heterocycles. The van der Waals surface area contributed by atoms with Gasteiger partial charge in [-0.1, -0.05) is 29.5 Å². The third kappa shape index (κ3) is 4.06. The van der Waals surface area contributed by atoms with Crippen LogP contribution in [0.3, 0.4) is 0 Å². The fourth-order valence-corrected chi connectivity index (χ4v) is 1.92. The Morgan fingerprint density at radius 1 is 1.38 bits per heavy atom. The van der Waals surface area contributed by atoms with Crippen LogP contribution in [0.5, 0.6) is 0 Å². The van der Waals surface area contributed by atoms with Crippen molar-refractivity contribution in [3.63, 3.8) is 0 Å². The van der Waals surface area contributed by atoms with Crippen molar-refractivity contribution in [2.45, 2.75) is 6.92 Å². The number of halogens is 1. The van der Waals surface area contributed by atoms with Gasteiger partial charge in [0.2, 0.25) is 0 Å². The number of carbonyl (C=O) groups is 1. The predicted octanol–water partition coefficient (Wildman–Crippen LogP) is 2.64. The van der Waals surface area contributed by atoms with E-state index in [0.29, 0.717) is 22.0 Å². The first kappa shape index (κ1) is 15.0. The number of nitrogens with one attached hydrogen (secondary N) is 1. The molecule has 0 bridgehead atoms. The maximum absolute atomic E-state index is 12.1. The molecule has 0 saturated carbocycles. The van der Waals surface area contributed by atoms with Crippen LogP contribution in [-0.4, -0.2) is 22.6 Å². The van der Waals surface area contributed by atoms with E-state index in [-0.39, 0.29) is 12.5 Å². The fraction of sp³-hybridized carbons (Fsp3) is 0.125. The second-order valence-electron chi connectivity index (χ2n) is 4.27. The van der Waals surface area contributed by atoms with Gasteiger partial charge in [-0.15, -0.1) is 0 Å². The molecule has 0 unspecified atom stereocenters. The number of aryl methyl sites for hydroxylation is 1. The minimum absolute atomic E-state index is 0.238. The molecule has 0 spiro atoms. The highest BCUT2D eigenvalue weighted by atomic mass is 35.5. The minimum atomic E-state index is -0.295. The van der Waals surface area contributed by atoms with Gasteiger partial charge in [-0.3, -0.25) is 4.79 Å². The van der Waals surface area contributed by atoms with E-state index in [0.717, 1.165) is 5.69 Å². The molecule has 1 amide bonds. The van der Waals surface area contributed by atoms with Gasteiger partial charge in [0, 0.05) is 16.8 Å². The highest BCUT2D eigenvalue weighted by molar-refractivity contribution is 6.32. The number of pyridine rings is 1. The first-order valence-electron chi connectivity index (χ1n) is 6.24. The maximum atomic E-state index is 12.1. The lowest BCUT2D eigenvalue weighted by atomic mass is 10.1. The van der Waals surface area contributed by atoms with E-state index in [9.17, 15) is 4.79 Å². The average molecular weight is 301 g/mol. The zero-order valence-electron chi connectivity index (χ0n) is 11.4. The quantitative estimate of drug-likeness (QED) is 0.838. The zero-order chi connectivity index (χ0) is 15.2. The van der Waals surface area contributed by atoms with Gasteiger partial charge in [0.25, 0.3) is 5.91 Å². The summed E-state index contributed by atoms with van der Waals surface area (Å²) < 4.78 is 0. The number of aliphatic hydroxyl groups is 1. The number of nitrogens with zero attached hydrogens (tertiary/aromatic N) is 1. The summed E-state index contributed by atoms with van der Waals surface area (Å²) in [4.78, 5) is 16.3. The molecule has 1 aromatic carbocycles. The van der Waals surface area contributed by atoms with E-state index in [2.05, 4.69) is 22.1 Å². The number of hydrogen-bond acceptors (Lipinski definition) is 3. The Kier molecular flexibility index (Phi) is 4.94. The summed E-state index contributed by atoms with van der Waals surface area (Å²) in [5.41, 5.74) is 1.80. The van der Waals surface area contributed by atoms with Crippen LogP contribution < -0.4 is 5.32 Å². The second-order valence-corrected chi connectivity index (χ2v) is 4.68. The molecule has 2 aromatic rings. The van der Waals surface area contributed by atoms with Crippen molar-refractivity contribution in [3.8, 4) is 11.8 Å². The van der Waals surface area contributed by atoms with Crippen molar-refractivity contribution in [3.05, 3.63) is 58.2 Å². The van der Waals surface area contributed by atoms with Crippen LogP contribution in [0.1, 0.15) is 21.6 Å². The van der Waals surface area contributed by atoms with E-state index in [1.54, 1.807) is 18.2 Å². The Hall–Kier alpha value is -2.35. The summed E-state index contributed by atoms with van der Waals surface area (Å²) in [6.45, 7) is 1.61. The smallest absolute Gasteiger partial charge is 0.256 e. The lowest BCUT2D eigenvalue weighted by Gasteiger charge is -2.06. The number of hydrogen-bond donors (Lipinski definition) is 2. The summed E-state index contributed by atoms with van der Waals surface area (Å²) in [7, 11) is 0. The van der Waals surface area contributed by atoms with Gasteiger partial charge in [0.1, 0.15) is 12.4 Å². The number of anilines is 1. The highest BCUT2D eigenvalue weighted by Crippen LogP contribution is 2.18. The molecular formula is C16H13ClN2O2. The molecule has 0 aliphatic carbocycles. The number of carbonyl (C=O) groups excluding carboxylic acids is 1. The number of aromatic nitrogens is 1. The lowest BCUT2D eigenvalue weighted by molar-refractivity contribution is 0.102. The van der Waals surface area contributed by atoms with E-state index in [1.165, 1.54) is 6.07 Å². The maximum Gasteiger partial charge on any atom is 0.256 e. The molecule has 0 aliphatic rings. The zero-order valence-corrected chi connectivity index (χ0v) is 12.1. The summed E-state index contributed by atoms with van der Waals surface area (Å²) in [5.74, 6) is 5.41. The summed E-state index contributed by atoms with van der Waals surface area (Å²) in [6.07, 6.45) is 0. The van der Waals surface area contributed by atoms with E-state index in [1.807, 2.05) is 19.1 Å². The minimum Gasteiger partial charge on any atom is -0.384 e. The largest absolute Gasteiger partial charge is 0.384 e. The second kappa shape index (κ2) is 6.89. The van der Waals surface area contributed by atoms with Crippen LogP contribution in [0.15, 0.2) is 36.4 Å². The number of amides is 1. The van der Waals surface area contributed by atoms with Crippen LogP contribution in [0.25, 0.3) is 0 Å². The van der Waals surface area contributed by atoms with Gasteiger partial charge < -0.3 is 10.4 Å². The SMILES string of the molecule is Cc1cccc(NC(=O)c2ccc(C#CCO)c(Cl)c2)n1. The molecule has 106 valence electrons. The summed E-state index contributed by atoms with van der Waals surface area (Å²) in [6, 6.07) is 10.2. The Morgan fingerprint density at radius 2 is 2.19 bits per heavy atom. The average Bonchev–Trinajstić information content (AvgIpc) is 2.46. The molecule has 2 rings (SSSR count). The number of rotatable bonds is 2. The Bertz CT molecular complexity index is 733. The molecular weight excluding hydrogens is 288 g/mol. The van der Waals surface area contributed by atoms with Crippen LogP contribution in [-0.2, 0) is 0 Å². The van der Waals surface area contributed by atoms with Gasteiger partial charge in [0.15, 0.2) is 0 Å². The Morgan fingerprint density at radius 3 is 2.86 bits per heavy atom. The molecule has 1 heterocycles. The van der Waals surface area contributed by atoms with Crippen molar-refractivity contribution in [1.82, 2.24) is 4.98 Å². The molecule has 21 heavy (non-hydrogen) atoms. The molecule has 0 fully saturated rings. The number of aliphatic hydroxyl groups excluding tert-OH is 1. The Balaban J connectivity index is 2.18. The van der Waals surface area contributed by atoms with Crippen molar-refractivity contribution in [2.24, 2.45) is 0 Å². The molecule has 5 heteroatoms. The van der Waals surface area contributed by atoms with Crippen molar-refractivity contribution < 1.29 is 9.90 Å². The topological polar surface area (TPSA) is 62.2 Å². The van der Waals surface area contributed by atoms with Crippen molar-refractivity contribution in [2.75, 3.05) is 11.9 Å². The van der Waals surface area contributed by atoms with Gasteiger partial charge in [-0.25, -0.2) is 4.98 Å². The van der Waals surface area contributed by atoms with E-state index >= 15 is 0 Å². The van der Waals surface area contributed by atoms with Crippen molar-refractivity contribution >= 4 is 23.3 Å². The standard InChI is InChI=1S/C16H13ClN2O2/c1-11-4-2-6-15(18-11)19-16(21)13-8-7-12(5-3-9-20)14(17)10-13/h2,4,6-8,10,20H,9H2,1H3,(H,18,19,21). The Labute approximate surface area is 127 Å². The van der Waals surface area contributed by atoms with E-state index in [4.69, 9.17) is 16.7 Å². The first-order chi connectivity index (χ1) is 10.1. The van der Waals surface area contributed by atoms with Gasteiger partial charge in [-0.2, -0.15) is 0 Å². The normalized spacial score (nSPS) is 9.67.